The lowest BCUT2D eigenvalue weighted by atomic mass is 9.99. The summed E-state index contributed by atoms with van der Waals surface area (Å²) in [5.41, 5.74) is 4.38. The van der Waals surface area contributed by atoms with Crippen molar-refractivity contribution >= 4 is 5.65 Å². The molecule has 2 aromatic carbocycles. The number of aromatic nitrogens is 3. The first-order valence-corrected chi connectivity index (χ1v) is 13.9. The van der Waals surface area contributed by atoms with Crippen molar-refractivity contribution in [3.63, 3.8) is 0 Å². The van der Waals surface area contributed by atoms with Gasteiger partial charge in [-0.2, -0.15) is 5.26 Å². The number of morpholine rings is 1. The molecular weight excluding hydrogens is 507 g/mol. The predicted octanol–water partition coefficient (Wildman–Crippen LogP) is 4.63. The summed E-state index contributed by atoms with van der Waals surface area (Å²) in [4.78, 5) is 14.1. The van der Waals surface area contributed by atoms with Crippen LogP contribution in [0.25, 0.3) is 28.2 Å². The molecular formula is C31H33FN6O2. The van der Waals surface area contributed by atoms with Crippen molar-refractivity contribution in [2.24, 2.45) is 5.92 Å². The Morgan fingerprint density at radius 1 is 1.12 bits per heavy atom. The summed E-state index contributed by atoms with van der Waals surface area (Å²) in [6.07, 6.45) is 5.77. The fourth-order valence-corrected chi connectivity index (χ4v) is 5.69. The van der Waals surface area contributed by atoms with Gasteiger partial charge in [0.15, 0.2) is 0 Å². The fourth-order valence-electron chi connectivity index (χ4n) is 5.69. The van der Waals surface area contributed by atoms with E-state index in [0.717, 1.165) is 50.1 Å². The van der Waals surface area contributed by atoms with Crippen molar-refractivity contribution in [2.75, 3.05) is 53.0 Å². The molecule has 40 heavy (non-hydrogen) atoms. The van der Waals surface area contributed by atoms with E-state index < -0.39 is 0 Å². The fraction of sp³-hybridized carbons (Fsp3) is 0.387. The minimum absolute atomic E-state index is 0.323. The normalized spacial score (nSPS) is 18.6. The van der Waals surface area contributed by atoms with Gasteiger partial charge in [0, 0.05) is 55.6 Å². The number of ether oxygens (including phenoxy) is 2. The Hall–Kier alpha value is -3.84. The van der Waals surface area contributed by atoms with Gasteiger partial charge >= 0.3 is 0 Å². The number of likely N-dealkylation sites (tertiary alicyclic amines) is 1. The molecule has 8 nitrogen and oxygen atoms in total. The third-order valence-corrected chi connectivity index (χ3v) is 7.77. The van der Waals surface area contributed by atoms with Gasteiger partial charge in [0.2, 0.25) is 5.65 Å². The van der Waals surface area contributed by atoms with Gasteiger partial charge in [0.1, 0.15) is 5.82 Å². The SMILES string of the molecule is CN1CCC[C@@H](COc2nc(-c3ccc(C#N)cc3)c(-c3ccc(CN4CCOCC4)cc3F)n3ccnc23)C1. The maximum Gasteiger partial charge on any atom is 0.259 e. The third-order valence-electron chi connectivity index (χ3n) is 7.77. The van der Waals surface area contributed by atoms with E-state index >= 15 is 4.39 Å². The standard InChI is InChI=1S/C31H33FN6O2/c1-36-11-2-3-24(19-36)21-40-31-30-34-10-12-38(30)29(28(35-31)25-7-4-22(18-33)5-8-25)26-9-6-23(17-27(26)32)20-37-13-15-39-16-14-37/h4-10,12,17,24H,2-3,11,13-16,19-21H2,1H3/t24-/m1/s1. The third kappa shape index (κ3) is 5.56. The van der Waals surface area contributed by atoms with Gasteiger partial charge in [0.25, 0.3) is 5.88 Å². The number of hydrogen-bond acceptors (Lipinski definition) is 7. The number of nitrogens with zero attached hydrogens (tertiary/aromatic N) is 6. The summed E-state index contributed by atoms with van der Waals surface area (Å²) >= 11 is 0. The Morgan fingerprint density at radius 2 is 1.95 bits per heavy atom. The molecule has 6 rings (SSSR count). The molecule has 0 N–H and O–H groups in total. The Kier molecular flexibility index (Phi) is 7.73. The zero-order chi connectivity index (χ0) is 27.5. The Balaban J connectivity index is 1.40. The van der Waals surface area contributed by atoms with E-state index in [4.69, 9.17) is 14.5 Å². The first-order valence-electron chi connectivity index (χ1n) is 13.9. The quantitative estimate of drug-likeness (QED) is 0.338. The van der Waals surface area contributed by atoms with Crippen molar-refractivity contribution in [3.8, 4) is 34.5 Å². The van der Waals surface area contributed by atoms with Gasteiger partial charge in [-0.1, -0.05) is 18.2 Å². The first kappa shape index (κ1) is 26.4. The van der Waals surface area contributed by atoms with Gasteiger partial charge in [-0.3, -0.25) is 9.30 Å². The van der Waals surface area contributed by atoms with Crippen LogP contribution in [-0.4, -0.2) is 77.2 Å². The van der Waals surface area contributed by atoms with Crippen molar-refractivity contribution in [3.05, 3.63) is 71.8 Å². The molecule has 2 aliphatic heterocycles. The van der Waals surface area contributed by atoms with Crippen LogP contribution >= 0.6 is 0 Å². The van der Waals surface area contributed by atoms with Crippen molar-refractivity contribution in [1.82, 2.24) is 24.2 Å². The number of halogens is 1. The second-order valence-corrected chi connectivity index (χ2v) is 10.7. The predicted molar refractivity (Wildman–Crippen MR) is 150 cm³/mol. The minimum atomic E-state index is -0.323. The molecule has 0 amide bonds. The van der Waals surface area contributed by atoms with Crippen LogP contribution in [0.3, 0.4) is 0 Å². The van der Waals surface area contributed by atoms with Crippen LogP contribution in [0.1, 0.15) is 24.0 Å². The smallest absolute Gasteiger partial charge is 0.259 e. The lowest BCUT2D eigenvalue weighted by molar-refractivity contribution is 0.0341. The van der Waals surface area contributed by atoms with Crippen molar-refractivity contribution in [2.45, 2.75) is 19.4 Å². The van der Waals surface area contributed by atoms with Crippen molar-refractivity contribution in [1.29, 1.82) is 5.26 Å². The number of hydrogen-bond donors (Lipinski definition) is 0. The second kappa shape index (κ2) is 11.7. The highest BCUT2D eigenvalue weighted by Crippen LogP contribution is 2.36. The van der Waals surface area contributed by atoms with Gasteiger partial charge < -0.3 is 14.4 Å². The van der Waals surface area contributed by atoms with E-state index in [1.807, 2.05) is 34.9 Å². The van der Waals surface area contributed by atoms with Crippen molar-refractivity contribution < 1.29 is 13.9 Å². The van der Waals surface area contributed by atoms with Crippen LogP contribution in [-0.2, 0) is 11.3 Å². The lowest BCUT2D eigenvalue weighted by Crippen LogP contribution is -2.35. The number of benzene rings is 2. The van der Waals surface area contributed by atoms with Crippen LogP contribution in [0, 0.1) is 23.1 Å². The summed E-state index contributed by atoms with van der Waals surface area (Å²) in [5.74, 6) is 0.507. The maximum absolute atomic E-state index is 15.9. The Bertz CT molecular complexity index is 1520. The second-order valence-electron chi connectivity index (χ2n) is 10.7. The number of imidazole rings is 1. The minimum Gasteiger partial charge on any atom is -0.475 e. The van der Waals surface area contributed by atoms with E-state index in [2.05, 4.69) is 27.9 Å². The molecule has 206 valence electrons. The summed E-state index contributed by atoms with van der Waals surface area (Å²) in [6.45, 7) is 6.37. The highest BCUT2D eigenvalue weighted by atomic mass is 19.1. The van der Waals surface area contributed by atoms with E-state index in [0.29, 0.717) is 66.3 Å². The monoisotopic (exact) mass is 540 g/mol. The Morgan fingerprint density at radius 3 is 2.70 bits per heavy atom. The maximum atomic E-state index is 15.9. The van der Waals surface area contributed by atoms with Crippen LogP contribution in [0.4, 0.5) is 4.39 Å². The van der Waals surface area contributed by atoms with Gasteiger partial charge in [0.05, 0.1) is 42.8 Å². The van der Waals surface area contributed by atoms with Crippen LogP contribution in [0.2, 0.25) is 0 Å². The largest absolute Gasteiger partial charge is 0.475 e. The topological polar surface area (TPSA) is 78.9 Å². The number of rotatable bonds is 7. The zero-order valence-electron chi connectivity index (χ0n) is 22.7. The summed E-state index contributed by atoms with van der Waals surface area (Å²) < 4.78 is 29.5. The van der Waals surface area contributed by atoms with Crippen LogP contribution in [0.5, 0.6) is 5.88 Å². The molecule has 0 bridgehead atoms. The van der Waals surface area contributed by atoms with E-state index in [1.54, 1.807) is 24.4 Å². The highest BCUT2D eigenvalue weighted by molar-refractivity contribution is 5.82. The molecule has 2 saturated heterocycles. The number of nitriles is 1. The van der Waals surface area contributed by atoms with Gasteiger partial charge in [-0.05, 0) is 56.3 Å². The van der Waals surface area contributed by atoms with E-state index in [-0.39, 0.29) is 5.82 Å². The van der Waals surface area contributed by atoms with Gasteiger partial charge in [-0.25, -0.2) is 14.4 Å². The molecule has 4 aromatic rings. The number of piperidine rings is 1. The van der Waals surface area contributed by atoms with E-state index in [9.17, 15) is 5.26 Å². The lowest BCUT2D eigenvalue weighted by Gasteiger charge is -2.29. The first-order chi connectivity index (χ1) is 19.6. The molecule has 0 aliphatic carbocycles. The Labute approximate surface area is 233 Å². The summed E-state index contributed by atoms with van der Waals surface area (Å²) in [7, 11) is 2.13. The molecule has 0 unspecified atom stereocenters. The molecule has 0 radical (unpaired) electrons. The average molecular weight is 541 g/mol. The zero-order valence-corrected chi connectivity index (χ0v) is 22.7. The highest BCUT2D eigenvalue weighted by Gasteiger charge is 2.24. The average Bonchev–Trinajstić information content (AvgIpc) is 3.47. The summed E-state index contributed by atoms with van der Waals surface area (Å²) in [6, 6.07) is 14.8. The molecule has 9 heteroatoms. The molecule has 2 aromatic heterocycles. The summed E-state index contributed by atoms with van der Waals surface area (Å²) in [5, 5.41) is 9.32. The molecule has 1 atom stereocenters. The van der Waals surface area contributed by atoms with Gasteiger partial charge in [-0.15, -0.1) is 0 Å². The molecule has 2 fully saturated rings. The number of fused-ring (bicyclic) bond motifs is 1. The molecule has 0 saturated carbocycles. The van der Waals surface area contributed by atoms with E-state index in [1.165, 1.54) is 0 Å². The molecule has 2 aliphatic rings. The van der Waals surface area contributed by atoms with Crippen LogP contribution < -0.4 is 4.74 Å². The van der Waals surface area contributed by atoms with Crippen LogP contribution in [0.15, 0.2) is 54.9 Å². The molecule has 4 heterocycles. The molecule has 0 spiro atoms.